The first-order valence-corrected chi connectivity index (χ1v) is 8.33. The van der Waals surface area contributed by atoms with E-state index in [-0.39, 0.29) is 0 Å². The molecule has 0 unspecified atom stereocenters. The van der Waals surface area contributed by atoms with Gasteiger partial charge in [-0.2, -0.15) is 0 Å². The molecule has 19 heavy (non-hydrogen) atoms. The van der Waals surface area contributed by atoms with Crippen LogP contribution in [0.1, 0.15) is 6.92 Å². The van der Waals surface area contributed by atoms with E-state index in [1.807, 2.05) is 23.5 Å². The maximum atomic E-state index is 2.33. The Morgan fingerprint density at radius 3 is 1.95 bits per heavy atom. The molecule has 0 saturated heterocycles. The van der Waals surface area contributed by atoms with Gasteiger partial charge in [0.1, 0.15) is 0 Å². The highest BCUT2D eigenvalue weighted by Gasteiger charge is 1.95. The molecule has 0 nitrogen and oxygen atoms in total. The fraction of sp³-hybridized carbons (Fsp3) is 0.176. The van der Waals surface area contributed by atoms with Crippen molar-refractivity contribution in [2.24, 2.45) is 0 Å². The minimum Gasteiger partial charge on any atom is -0.122 e. The molecular weight excluding hydrogens is 268 g/mol. The molecule has 98 valence electrons. The van der Waals surface area contributed by atoms with Crippen molar-refractivity contribution in [3.8, 4) is 0 Å². The van der Waals surface area contributed by atoms with Crippen LogP contribution in [0.5, 0.6) is 0 Å². The quantitative estimate of drug-likeness (QED) is 0.507. The lowest BCUT2D eigenvalue weighted by Crippen LogP contribution is -1.84. The maximum absolute atomic E-state index is 2.33. The van der Waals surface area contributed by atoms with Gasteiger partial charge in [0.2, 0.25) is 0 Å². The first-order valence-electron chi connectivity index (χ1n) is 6.36. The van der Waals surface area contributed by atoms with Crippen molar-refractivity contribution in [3.05, 3.63) is 72.3 Å². The van der Waals surface area contributed by atoms with Gasteiger partial charge in [0.25, 0.3) is 0 Å². The van der Waals surface area contributed by atoms with E-state index in [1.54, 1.807) is 0 Å². The van der Waals surface area contributed by atoms with E-state index in [1.165, 1.54) is 15.4 Å². The zero-order valence-corrected chi connectivity index (χ0v) is 12.7. The largest absolute Gasteiger partial charge is 0.122 e. The fourth-order valence-electron chi connectivity index (χ4n) is 1.57. The Labute approximate surface area is 124 Å². The molecule has 0 heterocycles. The lowest BCUT2D eigenvalue weighted by atomic mass is 10.3. The molecule has 0 saturated carbocycles. The Balaban J connectivity index is 1.74. The van der Waals surface area contributed by atoms with Gasteiger partial charge in [0, 0.05) is 21.3 Å². The molecule has 2 aromatic carbocycles. The topological polar surface area (TPSA) is 0 Å². The summed E-state index contributed by atoms with van der Waals surface area (Å²) in [6.07, 6.45) is 2.33. The monoisotopic (exact) mass is 286 g/mol. The van der Waals surface area contributed by atoms with Crippen LogP contribution in [-0.2, 0) is 0 Å². The molecule has 2 rings (SSSR count). The molecular formula is C17H18S2. The molecule has 0 aliphatic rings. The second-order valence-electron chi connectivity index (χ2n) is 4.28. The summed E-state index contributed by atoms with van der Waals surface area (Å²) in [7, 11) is 0. The first-order chi connectivity index (χ1) is 9.34. The van der Waals surface area contributed by atoms with E-state index in [0.29, 0.717) is 0 Å². The summed E-state index contributed by atoms with van der Waals surface area (Å²) < 4.78 is 0. The Morgan fingerprint density at radius 2 is 1.37 bits per heavy atom. The second-order valence-corrected chi connectivity index (χ2v) is 6.42. The number of hydrogen-bond acceptors (Lipinski definition) is 2. The SMILES string of the molecule is C/C(=C/CSc1ccccc1)CSc1ccccc1. The molecule has 2 heteroatoms. The van der Waals surface area contributed by atoms with Gasteiger partial charge in [0.15, 0.2) is 0 Å². The van der Waals surface area contributed by atoms with Crippen LogP contribution in [0, 0.1) is 0 Å². The Bertz CT molecular complexity index is 503. The van der Waals surface area contributed by atoms with Crippen molar-refractivity contribution in [2.75, 3.05) is 11.5 Å². The number of rotatable bonds is 6. The third-order valence-electron chi connectivity index (χ3n) is 2.63. The smallest absolute Gasteiger partial charge is 0.0188 e. The van der Waals surface area contributed by atoms with E-state index in [4.69, 9.17) is 0 Å². The summed E-state index contributed by atoms with van der Waals surface area (Å²) in [5.74, 6) is 2.12. The van der Waals surface area contributed by atoms with E-state index in [2.05, 4.69) is 73.7 Å². The van der Waals surface area contributed by atoms with E-state index < -0.39 is 0 Å². The van der Waals surface area contributed by atoms with E-state index in [9.17, 15) is 0 Å². The van der Waals surface area contributed by atoms with Crippen LogP contribution >= 0.6 is 23.5 Å². The first kappa shape index (κ1) is 14.3. The average molecular weight is 286 g/mol. The van der Waals surface area contributed by atoms with Gasteiger partial charge in [-0.25, -0.2) is 0 Å². The summed E-state index contributed by atoms with van der Waals surface area (Å²) in [6, 6.07) is 21.1. The van der Waals surface area contributed by atoms with Crippen molar-refractivity contribution in [3.63, 3.8) is 0 Å². The van der Waals surface area contributed by atoms with Crippen LogP contribution in [0.2, 0.25) is 0 Å². The lowest BCUT2D eigenvalue weighted by Gasteiger charge is -2.02. The molecule has 0 aromatic heterocycles. The number of benzene rings is 2. The molecule has 0 N–H and O–H groups in total. The molecule has 0 aliphatic heterocycles. The minimum absolute atomic E-state index is 1.05. The minimum atomic E-state index is 1.05. The summed E-state index contributed by atoms with van der Waals surface area (Å²) in [4.78, 5) is 2.67. The third kappa shape index (κ3) is 5.58. The van der Waals surface area contributed by atoms with Gasteiger partial charge in [-0.05, 0) is 31.2 Å². The summed E-state index contributed by atoms with van der Waals surface area (Å²) in [5.41, 5.74) is 1.44. The number of thioether (sulfide) groups is 2. The van der Waals surface area contributed by atoms with Gasteiger partial charge >= 0.3 is 0 Å². The van der Waals surface area contributed by atoms with E-state index >= 15 is 0 Å². The highest BCUT2D eigenvalue weighted by Crippen LogP contribution is 2.21. The predicted molar refractivity (Wildman–Crippen MR) is 88.1 cm³/mol. The van der Waals surface area contributed by atoms with Crippen LogP contribution in [-0.4, -0.2) is 11.5 Å². The molecule has 0 amide bonds. The van der Waals surface area contributed by atoms with Crippen LogP contribution in [0.25, 0.3) is 0 Å². The van der Waals surface area contributed by atoms with Gasteiger partial charge < -0.3 is 0 Å². The predicted octanol–water partition coefficient (Wildman–Crippen LogP) is 5.52. The summed E-state index contributed by atoms with van der Waals surface area (Å²) in [5, 5.41) is 0. The van der Waals surface area contributed by atoms with Gasteiger partial charge in [0.05, 0.1) is 0 Å². The fourth-order valence-corrected chi connectivity index (χ4v) is 3.34. The van der Waals surface area contributed by atoms with Gasteiger partial charge in [-0.3, -0.25) is 0 Å². The zero-order chi connectivity index (χ0) is 13.3. The highest BCUT2D eigenvalue weighted by atomic mass is 32.2. The zero-order valence-electron chi connectivity index (χ0n) is 11.1. The van der Waals surface area contributed by atoms with Gasteiger partial charge in [-0.15, -0.1) is 23.5 Å². The standard InChI is InChI=1S/C17H18S2/c1-15(14-19-17-10-6-3-7-11-17)12-13-18-16-8-4-2-5-9-16/h2-12H,13-14H2,1H3/b15-12-. The lowest BCUT2D eigenvalue weighted by molar-refractivity contribution is 1.36. The molecule has 0 atom stereocenters. The van der Waals surface area contributed by atoms with Crippen molar-refractivity contribution in [2.45, 2.75) is 16.7 Å². The van der Waals surface area contributed by atoms with Gasteiger partial charge in [-0.1, -0.05) is 48.0 Å². The van der Waals surface area contributed by atoms with Crippen LogP contribution < -0.4 is 0 Å². The third-order valence-corrected chi connectivity index (χ3v) is 4.78. The summed E-state index contributed by atoms with van der Waals surface area (Å²) >= 11 is 3.78. The average Bonchev–Trinajstić information content (AvgIpc) is 2.47. The normalized spacial score (nSPS) is 11.5. The second kappa shape index (κ2) is 8.13. The van der Waals surface area contributed by atoms with Crippen LogP contribution in [0.3, 0.4) is 0 Å². The molecule has 0 spiro atoms. The Hall–Kier alpha value is -1.12. The van der Waals surface area contributed by atoms with Crippen molar-refractivity contribution >= 4 is 23.5 Å². The molecule has 0 fully saturated rings. The molecule has 2 aromatic rings. The van der Waals surface area contributed by atoms with Crippen LogP contribution in [0.4, 0.5) is 0 Å². The van der Waals surface area contributed by atoms with Crippen LogP contribution in [0.15, 0.2) is 82.1 Å². The molecule has 0 bridgehead atoms. The Morgan fingerprint density at radius 1 is 0.842 bits per heavy atom. The Kier molecular flexibility index (Phi) is 6.12. The highest BCUT2D eigenvalue weighted by molar-refractivity contribution is 7.99. The molecule has 0 radical (unpaired) electrons. The summed E-state index contributed by atoms with van der Waals surface area (Å²) in [6.45, 7) is 2.21. The van der Waals surface area contributed by atoms with Crippen molar-refractivity contribution < 1.29 is 0 Å². The van der Waals surface area contributed by atoms with Crippen molar-refractivity contribution in [1.82, 2.24) is 0 Å². The van der Waals surface area contributed by atoms with Crippen molar-refractivity contribution in [1.29, 1.82) is 0 Å². The number of hydrogen-bond donors (Lipinski definition) is 0. The molecule has 0 aliphatic carbocycles. The maximum Gasteiger partial charge on any atom is 0.0188 e. The van der Waals surface area contributed by atoms with E-state index in [0.717, 1.165) is 11.5 Å².